The van der Waals surface area contributed by atoms with Gasteiger partial charge in [0.1, 0.15) is 0 Å². The average molecular weight is 340 g/mol. The Morgan fingerprint density at radius 1 is 0.692 bits per heavy atom. The molecule has 0 aliphatic carbocycles. The fourth-order valence-corrected chi connectivity index (χ4v) is 3.90. The third kappa shape index (κ3) is 2.02. The van der Waals surface area contributed by atoms with Gasteiger partial charge in [-0.15, -0.1) is 0 Å². The molecule has 0 unspecified atom stereocenters. The topological polar surface area (TPSA) is 40.6 Å². The van der Waals surface area contributed by atoms with Crippen LogP contribution in [-0.4, -0.2) is 17.9 Å². The lowest BCUT2D eigenvalue weighted by Gasteiger charge is -2.34. The van der Waals surface area contributed by atoms with Crippen LogP contribution < -0.4 is 9.80 Å². The Bertz CT molecular complexity index is 1030. The van der Waals surface area contributed by atoms with Crippen molar-refractivity contribution in [2.45, 2.75) is 12.7 Å². The highest BCUT2D eigenvalue weighted by molar-refractivity contribution is 6.25. The monoisotopic (exact) mass is 340 g/mol. The van der Waals surface area contributed by atoms with Crippen LogP contribution in [0.25, 0.3) is 0 Å². The molecule has 0 bridgehead atoms. The van der Waals surface area contributed by atoms with Crippen molar-refractivity contribution in [1.29, 1.82) is 0 Å². The number of fused-ring (bicyclic) bond motifs is 4. The van der Waals surface area contributed by atoms with Crippen LogP contribution in [0.2, 0.25) is 0 Å². The average Bonchev–Trinajstić information content (AvgIpc) is 3.02. The first-order valence-electron chi connectivity index (χ1n) is 8.62. The maximum Gasteiger partial charge on any atom is 0.261 e. The second-order valence-electron chi connectivity index (χ2n) is 6.56. The summed E-state index contributed by atoms with van der Waals surface area (Å²) >= 11 is 0. The van der Waals surface area contributed by atoms with Crippen LogP contribution in [0.5, 0.6) is 0 Å². The van der Waals surface area contributed by atoms with Gasteiger partial charge in [0.25, 0.3) is 5.91 Å². The fraction of sp³-hybridized carbons (Fsp3) is 0.0909. The van der Waals surface area contributed by atoms with Crippen molar-refractivity contribution in [3.63, 3.8) is 0 Å². The molecule has 1 atom stereocenters. The van der Waals surface area contributed by atoms with Crippen molar-refractivity contribution in [2.24, 2.45) is 0 Å². The van der Waals surface area contributed by atoms with Crippen molar-refractivity contribution in [1.82, 2.24) is 0 Å². The van der Waals surface area contributed by atoms with Gasteiger partial charge in [-0.3, -0.25) is 14.5 Å². The number of nitrogens with zero attached hydrogens (tertiary/aromatic N) is 2. The van der Waals surface area contributed by atoms with Gasteiger partial charge in [-0.2, -0.15) is 0 Å². The van der Waals surface area contributed by atoms with Crippen molar-refractivity contribution in [3.8, 4) is 0 Å². The van der Waals surface area contributed by atoms with E-state index < -0.39 is 6.17 Å². The molecule has 126 valence electrons. The standard InChI is InChI=1S/C22H16N2O2/c25-20-16-10-4-5-11-17(16)22(26)24-19-13-7-6-12-18(19)23(21(20)24)14-15-8-2-1-3-9-15/h1-13,21H,14H2/t21-/m1/s1. The van der Waals surface area contributed by atoms with Crippen molar-refractivity contribution in [3.05, 3.63) is 95.6 Å². The van der Waals surface area contributed by atoms with E-state index >= 15 is 0 Å². The minimum atomic E-state index is -0.630. The summed E-state index contributed by atoms with van der Waals surface area (Å²) in [5.41, 5.74) is 3.79. The van der Waals surface area contributed by atoms with E-state index in [1.165, 1.54) is 0 Å². The van der Waals surface area contributed by atoms with Crippen LogP contribution in [0, 0.1) is 0 Å². The van der Waals surface area contributed by atoms with Crippen molar-refractivity contribution in [2.75, 3.05) is 9.80 Å². The zero-order valence-electron chi connectivity index (χ0n) is 14.0. The Labute approximate surface area is 151 Å². The number of amides is 1. The molecule has 0 fully saturated rings. The fourth-order valence-electron chi connectivity index (χ4n) is 3.90. The maximum atomic E-state index is 13.3. The first kappa shape index (κ1) is 14.9. The van der Waals surface area contributed by atoms with E-state index in [9.17, 15) is 9.59 Å². The molecule has 5 rings (SSSR count). The van der Waals surface area contributed by atoms with Gasteiger partial charge in [0, 0.05) is 12.1 Å². The Morgan fingerprint density at radius 3 is 2.08 bits per heavy atom. The third-order valence-electron chi connectivity index (χ3n) is 5.06. The van der Waals surface area contributed by atoms with Crippen LogP contribution >= 0.6 is 0 Å². The van der Waals surface area contributed by atoms with E-state index in [4.69, 9.17) is 0 Å². The van der Waals surface area contributed by atoms with Crippen LogP contribution in [0.15, 0.2) is 78.9 Å². The molecule has 3 aromatic carbocycles. The number of rotatable bonds is 2. The van der Waals surface area contributed by atoms with Crippen LogP contribution in [0.3, 0.4) is 0 Å². The second-order valence-corrected chi connectivity index (χ2v) is 6.56. The number of hydrogen-bond donors (Lipinski definition) is 0. The van der Waals surface area contributed by atoms with E-state index in [1.54, 1.807) is 23.1 Å². The molecule has 2 aliphatic heterocycles. The summed E-state index contributed by atoms with van der Waals surface area (Å²) in [6.45, 7) is 0.570. The van der Waals surface area contributed by atoms with Crippen LogP contribution in [0.1, 0.15) is 26.3 Å². The minimum absolute atomic E-state index is 0.0349. The third-order valence-corrected chi connectivity index (χ3v) is 5.06. The highest BCUT2D eigenvalue weighted by Gasteiger charge is 2.48. The van der Waals surface area contributed by atoms with Gasteiger partial charge in [-0.05, 0) is 23.8 Å². The number of Topliss-reactive ketones (excluding diaryl/α,β-unsaturated/α-hetero) is 1. The highest BCUT2D eigenvalue weighted by atomic mass is 16.2. The maximum absolute atomic E-state index is 13.3. The molecule has 0 aromatic heterocycles. The molecule has 2 heterocycles. The molecule has 0 saturated carbocycles. The molecule has 0 saturated heterocycles. The van der Waals surface area contributed by atoms with Gasteiger partial charge in [0.15, 0.2) is 6.17 Å². The summed E-state index contributed by atoms with van der Waals surface area (Å²) in [6, 6.07) is 24.8. The Hall–Kier alpha value is -3.40. The van der Waals surface area contributed by atoms with Crippen LogP contribution in [0.4, 0.5) is 11.4 Å². The van der Waals surface area contributed by atoms with Gasteiger partial charge in [-0.25, -0.2) is 0 Å². The second kappa shape index (κ2) is 5.56. The van der Waals surface area contributed by atoms with Gasteiger partial charge < -0.3 is 4.90 Å². The number of carbonyl (C=O) groups excluding carboxylic acids is 2. The summed E-state index contributed by atoms with van der Waals surface area (Å²) in [5, 5.41) is 0. The number of hydrogen-bond acceptors (Lipinski definition) is 3. The summed E-state index contributed by atoms with van der Waals surface area (Å²) in [6.07, 6.45) is -0.630. The number of anilines is 2. The molecule has 2 aliphatic rings. The van der Waals surface area contributed by atoms with E-state index in [2.05, 4.69) is 0 Å². The highest BCUT2D eigenvalue weighted by Crippen LogP contribution is 2.44. The predicted molar refractivity (Wildman–Crippen MR) is 100 cm³/mol. The summed E-state index contributed by atoms with van der Waals surface area (Å²) < 4.78 is 0. The Balaban J connectivity index is 1.67. The zero-order chi connectivity index (χ0) is 17.7. The molecule has 0 spiro atoms. The molecule has 0 N–H and O–H groups in total. The van der Waals surface area contributed by atoms with Crippen molar-refractivity contribution >= 4 is 23.1 Å². The largest absolute Gasteiger partial charge is 0.338 e. The predicted octanol–water partition coefficient (Wildman–Crippen LogP) is 3.88. The van der Waals surface area contributed by atoms with Gasteiger partial charge in [-0.1, -0.05) is 60.7 Å². The van der Waals surface area contributed by atoms with E-state index in [0.29, 0.717) is 17.7 Å². The Morgan fingerprint density at radius 2 is 1.31 bits per heavy atom. The number of para-hydroxylation sites is 2. The van der Waals surface area contributed by atoms with Crippen LogP contribution in [-0.2, 0) is 6.54 Å². The number of benzene rings is 3. The van der Waals surface area contributed by atoms with E-state index in [0.717, 1.165) is 16.9 Å². The van der Waals surface area contributed by atoms with Crippen molar-refractivity contribution < 1.29 is 9.59 Å². The van der Waals surface area contributed by atoms with E-state index in [1.807, 2.05) is 65.6 Å². The summed E-state index contributed by atoms with van der Waals surface area (Å²) in [4.78, 5) is 30.1. The quantitative estimate of drug-likeness (QED) is 0.711. The lowest BCUT2D eigenvalue weighted by molar-refractivity contribution is 0.0872. The molecule has 0 radical (unpaired) electrons. The minimum Gasteiger partial charge on any atom is -0.338 e. The first-order valence-corrected chi connectivity index (χ1v) is 8.62. The number of carbonyl (C=O) groups is 2. The molecular weight excluding hydrogens is 324 g/mol. The smallest absolute Gasteiger partial charge is 0.261 e. The molecule has 4 heteroatoms. The zero-order valence-corrected chi connectivity index (χ0v) is 14.0. The molecule has 3 aromatic rings. The SMILES string of the molecule is O=C1c2ccccc2C(=O)N2c3ccccc3N(Cc3ccccc3)[C@@H]12. The lowest BCUT2D eigenvalue weighted by atomic mass is 9.95. The van der Waals surface area contributed by atoms with E-state index in [-0.39, 0.29) is 11.7 Å². The first-order chi connectivity index (χ1) is 12.8. The molecule has 4 nitrogen and oxygen atoms in total. The summed E-state index contributed by atoms with van der Waals surface area (Å²) in [5.74, 6) is -0.152. The molecule has 26 heavy (non-hydrogen) atoms. The van der Waals surface area contributed by atoms with Gasteiger partial charge in [0.05, 0.1) is 16.9 Å². The van der Waals surface area contributed by atoms with Gasteiger partial charge in [0.2, 0.25) is 5.78 Å². The normalized spacial score (nSPS) is 17.8. The van der Waals surface area contributed by atoms with Gasteiger partial charge >= 0.3 is 0 Å². The Kier molecular flexibility index (Phi) is 3.19. The summed E-state index contributed by atoms with van der Waals surface area (Å²) in [7, 11) is 0. The molecular formula is C22H16N2O2. The molecule has 1 amide bonds. The lowest BCUT2D eigenvalue weighted by Crippen LogP contribution is -2.54. The number of ketones is 1.